The van der Waals surface area contributed by atoms with Gasteiger partial charge in [-0.15, -0.1) is 0 Å². The van der Waals surface area contributed by atoms with E-state index >= 15 is 0 Å². The molecule has 0 saturated heterocycles. The lowest BCUT2D eigenvalue weighted by atomic mass is 9.86. The number of urea groups is 1. The van der Waals surface area contributed by atoms with Gasteiger partial charge in [-0.25, -0.2) is 4.79 Å². The largest absolute Gasteiger partial charge is 0.481 e. The standard InChI is InChI=1S/C20H30N2O3/c1-20(2,3)14-22(13-15-7-5-4-6-8-15)19(25)21-17-11-9-16(10-12-17)18(23)24/h4-8,16-17H,9-14H2,1-3H3,(H,21,25)(H,23,24). The minimum absolute atomic E-state index is 0.00703. The highest BCUT2D eigenvalue weighted by Gasteiger charge is 2.28. The molecule has 25 heavy (non-hydrogen) atoms. The third kappa shape index (κ3) is 6.40. The molecule has 1 aromatic rings. The summed E-state index contributed by atoms with van der Waals surface area (Å²) in [6.45, 7) is 7.61. The van der Waals surface area contributed by atoms with Crippen molar-refractivity contribution in [1.82, 2.24) is 10.2 Å². The van der Waals surface area contributed by atoms with E-state index in [9.17, 15) is 9.59 Å². The summed E-state index contributed by atoms with van der Waals surface area (Å²) in [5.74, 6) is -0.980. The fourth-order valence-corrected chi connectivity index (χ4v) is 3.33. The van der Waals surface area contributed by atoms with E-state index in [1.807, 2.05) is 35.2 Å². The number of carboxylic acids is 1. The van der Waals surface area contributed by atoms with Gasteiger partial charge >= 0.3 is 12.0 Å². The van der Waals surface area contributed by atoms with E-state index in [1.54, 1.807) is 0 Å². The van der Waals surface area contributed by atoms with Crippen LogP contribution in [0.1, 0.15) is 52.0 Å². The number of amides is 2. The number of rotatable bonds is 5. The highest BCUT2D eigenvalue weighted by atomic mass is 16.4. The Bertz CT molecular complexity index is 572. The zero-order valence-corrected chi connectivity index (χ0v) is 15.5. The fraction of sp³-hybridized carbons (Fsp3) is 0.600. The number of aliphatic carboxylic acids is 1. The van der Waals surface area contributed by atoms with Crippen LogP contribution in [0.3, 0.4) is 0 Å². The van der Waals surface area contributed by atoms with Crippen molar-refractivity contribution in [1.29, 1.82) is 0 Å². The number of hydrogen-bond acceptors (Lipinski definition) is 2. The van der Waals surface area contributed by atoms with Gasteiger partial charge in [0.05, 0.1) is 5.92 Å². The van der Waals surface area contributed by atoms with E-state index in [-0.39, 0.29) is 23.4 Å². The number of benzene rings is 1. The Morgan fingerprint density at radius 1 is 1.12 bits per heavy atom. The Morgan fingerprint density at radius 3 is 2.24 bits per heavy atom. The van der Waals surface area contributed by atoms with Gasteiger partial charge in [-0.3, -0.25) is 4.79 Å². The van der Waals surface area contributed by atoms with Crippen LogP contribution in [-0.2, 0) is 11.3 Å². The molecule has 1 aromatic carbocycles. The predicted molar refractivity (Wildman–Crippen MR) is 98.2 cm³/mol. The molecule has 138 valence electrons. The van der Waals surface area contributed by atoms with Crippen LogP contribution in [-0.4, -0.2) is 34.6 Å². The summed E-state index contributed by atoms with van der Waals surface area (Å²) in [5, 5.41) is 12.2. The van der Waals surface area contributed by atoms with Crippen molar-refractivity contribution in [2.24, 2.45) is 11.3 Å². The third-order valence-electron chi connectivity index (χ3n) is 4.57. The van der Waals surface area contributed by atoms with Crippen molar-refractivity contribution in [3.05, 3.63) is 35.9 Å². The summed E-state index contributed by atoms with van der Waals surface area (Å²) in [6.07, 6.45) is 2.74. The highest BCUT2D eigenvalue weighted by molar-refractivity contribution is 5.75. The molecule has 2 N–H and O–H groups in total. The summed E-state index contributed by atoms with van der Waals surface area (Å²) in [6, 6.07) is 10.0. The molecule has 0 spiro atoms. The smallest absolute Gasteiger partial charge is 0.317 e. The van der Waals surface area contributed by atoms with Crippen molar-refractivity contribution in [2.75, 3.05) is 6.54 Å². The maximum Gasteiger partial charge on any atom is 0.317 e. The third-order valence-corrected chi connectivity index (χ3v) is 4.57. The van der Waals surface area contributed by atoms with Crippen LogP contribution in [0.15, 0.2) is 30.3 Å². The normalized spacial score (nSPS) is 20.8. The Morgan fingerprint density at radius 2 is 1.72 bits per heavy atom. The summed E-state index contributed by atoms with van der Waals surface area (Å²) < 4.78 is 0. The van der Waals surface area contributed by atoms with Crippen LogP contribution in [0.4, 0.5) is 4.79 Å². The second-order valence-electron chi connectivity index (χ2n) is 8.24. The lowest BCUT2D eigenvalue weighted by Crippen LogP contribution is -2.48. The molecule has 0 unspecified atom stereocenters. The van der Waals surface area contributed by atoms with Crippen LogP contribution < -0.4 is 5.32 Å². The second kappa shape index (κ2) is 8.37. The van der Waals surface area contributed by atoms with E-state index < -0.39 is 5.97 Å². The van der Waals surface area contributed by atoms with Gasteiger partial charge in [-0.1, -0.05) is 51.1 Å². The Kier molecular flexibility index (Phi) is 6.45. The minimum Gasteiger partial charge on any atom is -0.481 e. The van der Waals surface area contributed by atoms with Gasteiger partial charge in [0.25, 0.3) is 0 Å². The minimum atomic E-state index is -0.719. The molecule has 0 bridgehead atoms. The fourth-order valence-electron chi connectivity index (χ4n) is 3.33. The number of hydrogen-bond donors (Lipinski definition) is 2. The Labute approximate surface area is 150 Å². The zero-order chi connectivity index (χ0) is 18.4. The van der Waals surface area contributed by atoms with E-state index in [1.165, 1.54) is 0 Å². The lowest BCUT2D eigenvalue weighted by Gasteiger charge is -2.33. The Balaban J connectivity index is 1.96. The van der Waals surface area contributed by atoms with Gasteiger partial charge in [0.15, 0.2) is 0 Å². The molecule has 0 heterocycles. The number of nitrogens with zero attached hydrogens (tertiary/aromatic N) is 1. The topological polar surface area (TPSA) is 69.6 Å². The van der Waals surface area contributed by atoms with Crippen LogP contribution in [0.2, 0.25) is 0 Å². The first kappa shape index (κ1) is 19.3. The average molecular weight is 346 g/mol. The monoisotopic (exact) mass is 346 g/mol. The molecule has 0 aromatic heterocycles. The average Bonchev–Trinajstić information content (AvgIpc) is 2.54. The molecule has 1 aliphatic rings. The van der Waals surface area contributed by atoms with Gasteiger partial charge in [-0.2, -0.15) is 0 Å². The van der Waals surface area contributed by atoms with Crippen LogP contribution in [0.5, 0.6) is 0 Å². The number of nitrogens with one attached hydrogen (secondary N) is 1. The van der Waals surface area contributed by atoms with Crippen molar-refractivity contribution in [3.8, 4) is 0 Å². The highest BCUT2D eigenvalue weighted by Crippen LogP contribution is 2.25. The van der Waals surface area contributed by atoms with Gasteiger partial charge in [0.1, 0.15) is 0 Å². The molecule has 0 radical (unpaired) electrons. The molecule has 1 fully saturated rings. The number of carbonyl (C=O) groups excluding carboxylic acids is 1. The summed E-state index contributed by atoms with van der Waals surface area (Å²) in [5.41, 5.74) is 1.11. The first-order chi connectivity index (χ1) is 11.7. The molecule has 0 atom stereocenters. The lowest BCUT2D eigenvalue weighted by molar-refractivity contribution is -0.142. The van der Waals surface area contributed by atoms with Crippen molar-refractivity contribution < 1.29 is 14.7 Å². The zero-order valence-electron chi connectivity index (χ0n) is 15.5. The molecule has 2 rings (SSSR count). The first-order valence-electron chi connectivity index (χ1n) is 9.07. The molecule has 1 aliphatic carbocycles. The van der Waals surface area contributed by atoms with Crippen LogP contribution in [0, 0.1) is 11.3 Å². The van der Waals surface area contributed by atoms with Gasteiger partial charge in [-0.05, 0) is 36.7 Å². The molecule has 0 aliphatic heterocycles. The maximum absolute atomic E-state index is 12.8. The van der Waals surface area contributed by atoms with Gasteiger partial charge in [0, 0.05) is 19.1 Å². The van der Waals surface area contributed by atoms with Crippen molar-refractivity contribution in [3.63, 3.8) is 0 Å². The maximum atomic E-state index is 12.8. The Hall–Kier alpha value is -2.04. The number of carbonyl (C=O) groups is 2. The number of carboxylic acid groups (broad SMARTS) is 1. The van der Waals surface area contributed by atoms with E-state index in [0.717, 1.165) is 18.4 Å². The summed E-state index contributed by atoms with van der Waals surface area (Å²) >= 11 is 0. The molecule has 5 nitrogen and oxygen atoms in total. The summed E-state index contributed by atoms with van der Waals surface area (Å²) in [7, 11) is 0. The molecular weight excluding hydrogens is 316 g/mol. The quantitative estimate of drug-likeness (QED) is 0.850. The van der Waals surface area contributed by atoms with Crippen molar-refractivity contribution in [2.45, 2.75) is 59.0 Å². The summed E-state index contributed by atoms with van der Waals surface area (Å²) in [4.78, 5) is 25.7. The predicted octanol–water partition coefficient (Wildman–Crippen LogP) is 3.89. The SMILES string of the molecule is CC(C)(C)CN(Cc1ccccc1)C(=O)NC1CCC(C(=O)O)CC1. The molecule has 1 saturated carbocycles. The van der Waals surface area contributed by atoms with E-state index in [0.29, 0.717) is 25.9 Å². The van der Waals surface area contributed by atoms with Crippen LogP contribution in [0.25, 0.3) is 0 Å². The van der Waals surface area contributed by atoms with Crippen LogP contribution >= 0.6 is 0 Å². The van der Waals surface area contributed by atoms with Gasteiger partial charge in [0.2, 0.25) is 0 Å². The molecular formula is C20H30N2O3. The molecule has 5 heteroatoms. The first-order valence-corrected chi connectivity index (χ1v) is 9.07. The van der Waals surface area contributed by atoms with E-state index in [2.05, 4.69) is 26.1 Å². The second-order valence-corrected chi connectivity index (χ2v) is 8.24. The van der Waals surface area contributed by atoms with Crippen molar-refractivity contribution >= 4 is 12.0 Å². The molecule has 2 amide bonds. The van der Waals surface area contributed by atoms with E-state index in [4.69, 9.17) is 5.11 Å². The van der Waals surface area contributed by atoms with Gasteiger partial charge < -0.3 is 15.3 Å².